The third-order valence-corrected chi connectivity index (χ3v) is 3.91. The first-order chi connectivity index (χ1) is 14.3. The minimum atomic E-state index is -0.997. The third-order valence-electron chi connectivity index (χ3n) is 3.66. The molecule has 2 aromatic heterocycles. The van der Waals surface area contributed by atoms with Crippen molar-refractivity contribution in [1.82, 2.24) is 20.1 Å². The van der Waals surface area contributed by atoms with E-state index in [0.717, 1.165) is 6.42 Å². The van der Waals surface area contributed by atoms with Crippen molar-refractivity contribution < 1.29 is 9.18 Å². The average Bonchev–Trinajstić information content (AvgIpc) is 3.20. The van der Waals surface area contributed by atoms with Crippen molar-refractivity contribution in [1.29, 1.82) is 0 Å². The van der Waals surface area contributed by atoms with Gasteiger partial charge < -0.3 is 5.32 Å². The van der Waals surface area contributed by atoms with Crippen molar-refractivity contribution in [3.05, 3.63) is 59.7 Å². The maximum absolute atomic E-state index is 13.1. The number of alkyl halides is 1. The molecule has 162 valence electrons. The Kier molecular flexibility index (Phi) is 10.1. The number of nitrogens with zero attached hydrogens (tertiary/aromatic N) is 4. The number of aliphatic imine (C=N–C) groups is 1. The molecule has 2 aromatic rings. The van der Waals surface area contributed by atoms with Gasteiger partial charge in [-0.05, 0) is 38.5 Å². The molecule has 30 heavy (non-hydrogen) atoms. The van der Waals surface area contributed by atoms with E-state index in [1.807, 2.05) is 26.8 Å². The molecular formula is C22H29ClFN5O. The van der Waals surface area contributed by atoms with Crippen LogP contribution in [0.15, 0.2) is 53.3 Å². The van der Waals surface area contributed by atoms with Crippen molar-refractivity contribution in [2.75, 3.05) is 6.67 Å². The van der Waals surface area contributed by atoms with Crippen LogP contribution in [0.5, 0.6) is 0 Å². The number of carbonyl (C=O) groups is 1. The number of allylic oxidation sites excluding steroid dienone is 2. The predicted octanol–water partition coefficient (Wildman–Crippen LogP) is 5.35. The number of rotatable bonds is 8. The second-order valence-corrected chi connectivity index (χ2v) is 7.15. The van der Waals surface area contributed by atoms with Gasteiger partial charge in [-0.15, -0.1) is 0 Å². The number of carbonyl (C=O) groups excluding carboxylic acids is 1. The molecule has 0 radical (unpaired) electrons. The van der Waals surface area contributed by atoms with Gasteiger partial charge in [-0.25, -0.2) is 9.07 Å². The molecule has 0 saturated heterocycles. The average molecular weight is 434 g/mol. The van der Waals surface area contributed by atoms with Gasteiger partial charge in [0.15, 0.2) is 5.69 Å². The summed E-state index contributed by atoms with van der Waals surface area (Å²) in [5, 5.41) is 7.44. The Balaban J connectivity index is 0.00000218. The Morgan fingerprint density at radius 3 is 2.70 bits per heavy atom. The highest BCUT2D eigenvalue weighted by molar-refractivity contribution is 6.39. The van der Waals surface area contributed by atoms with Gasteiger partial charge in [-0.1, -0.05) is 45.0 Å². The number of hydrogen-bond acceptors (Lipinski definition) is 4. The molecule has 0 fully saturated rings. The topological polar surface area (TPSA) is 72.2 Å². The van der Waals surface area contributed by atoms with E-state index in [-0.39, 0.29) is 5.69 Å². The maximum atomic E-state index is 13.1. The highest BCUT2D eigenvalue weighted by Crippen LogP contribution is 2.20. The van der Waals surface area contributed by atoms with Crippen LogP contribution in [0.1, 0.15) is 57.2 Å². The fraction of sp³-hybridized carbons (Fsp3) is 0.364. The van der Waals surface area contributed by atoms with Gasteiger partial charge in [-0.2, -0.15) is 5.10 Å². The van der Waals surface area contributed by atoms with Crippen LogP contribution < -0.4 is 5.32 Å². The van der Waals surface area contributed by atoms with Crippen molar-refractivity contribution in [3.63, 3.8) is 0 Å². The number of halogens is 2. The lowest BCUT2D eigenvalue weighted by atomic mass is 10.1. The minimum Gasteiger partial charge on any atom is -0.343 e. The number of hydrogen-bond donors (Lipinski definition) is 1. The SMILES string of the molecule is C=C(N=CC(Cl)=CCC)c1cc(C(=O)NC(C)(C)CF)nn1-c1cccnc1.CC. The Hall–Kier alpha value is -2.80. The first kappa shape index (κ1) is 25.2. The minimum absolute atomic E-state index is 0.118. The zero-order valence-corrected chi connectivity index (χ0v) is 18.9. The van der Waals surface area contributed by atoms with Gasteiger partial charge in [0.25, 0.3) is 5.91 Å². The molecular weight excluding hydrogens is 405 g/mol. The van der Waals surface area contributed by atoms with Crippen LogP contribution in [0.25, 0.3) is 11.4 Å². The molecule has 2 heterocycles. The van der Waals surface area contributed by atoms with Gasteiger partial charge >= 0.3 is 0 Å². The lowest BCUT2D eigenvalue weighted by Gasteiger charge is -2.21. The predicted molar refractivity (Wildman–Crippen MR) is 122 cm³/mol. The van der Waals surface area contributed by atoms with E-state index >= 15 is 0 Å². The summed E-state index contributed by atoms with van der Waals surface area (Å²) < 4.78 is 14.6. The second kappa shape index (κ2) is 12.0. The molecule has 0 bridgehead atoms. The summed E-state index contributed by atoms with van der Waals surface area (Å²) in [6.07, 6.45) is 7.31. The van der Waals surface area contributed by atoms with Crippen LogP contribution in [0.3, 0.4) is 0 Å². The van der Waals surface area contributed by atoms with Gasteiger partial charge in [0, 0.05) is 12.4 Å². The molecule has 2 rings (SSSR count). The Bertz CT molecular complexity index is 904. The number of pyridine rings is 1. The van der Waals surface area contributed by atoms with Gasteiger partial charge in [0.2, 0.25) is 0 Å². The smallest absolute Gasteiger partial charge is 0.272 e. The summed E-state index contributed by atoms with van der Waals surface area (Å²) in [5.41, 5.74) is 0.610. The van der Waals surface area contributed by atoms with Crippen LogP contribution in [0.4, 0.5) is 4.39 Å². The van der Waals surface area contributed by atoms with Crippen LogP contribution in [0.2, 0.25) is 0 Å². The summed E-state index contributed by atoms with van der Waals surface area (Å²) >= 11 is 6.05. The zero-order valence-electron chi connectivity index (χ0n) is 18.1. The van der Waals surface area contributed by atoms with Crippen molar-refractivity contribution in [2.24, 2.45) is 4.99 Å². The third kappa shape index (κ3) is 7.22. The van der Waals surface area contributed by atoms with E-state index in [4.69, 9.17) is 11.6 Å². The highest BCUT2D eigenvalue weighted by Gasteiger charge is 2.24. The van der Waals surface area contributed by atoms with Crippen molar-refractivity contribution in [3.8, 4) is 5.69 Å². The number of amides is 1. The fourth-order valence-corrected chi connectivity index (χ4v) is 2.43. The monoisotopic (exact) mass is 433 g/mol. The molecule has 6 nitrogen and oxygen atoms in total. The summed E-state index contributed by atoms with van der Waals surface area (Å²) in [7, 11) is 0. The van der Waals surface area contributed by atoms with E-state index in [1.165, 1.54) is 10.9 Å². The normalized spacial score (nSPS) is 11.8. The maximum Gasteiger partial charge on any atom is 0.272 e. The lowest BCUT2D eigenvalue weighted by Crippen LogP contribution is -2.45. The zero-order chi connectivity index (χ0) is 22.7. The lowest BCUT2D eigenvalue weighted by molar-refractivity contribution is 0.0894. The van der Waals surface area contributed by atoms with E-state index in [9.17, 15) is 9.18 Å². The molecule has 0 aliphatic carbocycles. The highest BCUT2D eigenvalue weighted by atomic mass is 35.5. The van der Waals surface area contributed by atoms with Crippen LogP contribution in [-0.4, -0.2) is 39.1 Å². The van der Waals surface area contributed by atoms with E-state index in [2.05, 4.69) is 27.0 Å². The standard InChI is InChI=1S/C20H23ClFN5O.C2H6/c1-5-7-15(21)11-24-14(2)18-10-17(19(28)25-20(3,4)13-22)26-27(18)16-8-6-9-23-12-16;1-2/h6-12H,2,5,13H2,1,3-4H3,(H,25,28);1-2H3. The first-order valence-corrected chi connectivity index (χ1v) is 10.1. The van der Waals surface area contributed by atoms with E-state index in [0.29, 0.717) is 22.1 Å². The largest absolute Gasteiger partial charge is 0.343 e. The molecule has 0 aliphatic rings. The van der Waals surface area contributed by atoms with Gasteiger partial charge in [0.1, 0.15) is 6.67 Å². The van der Waals surface area contributed by atoms with Crippen LogP contribution in [-0.2, 0) is 0 Å². The summed E-state index contributed by atoms with van der Waals surface area (Å²) in [5.74, 6) is -0.493. The second-order valence-electron chi connectivity index (χ2n) is 6.71. The summed E-state index contributed by atoms with van der Waals surface area (Å²) in [6.45, 7) is 12.4. The van der Waals surface area contributed by atoms with E-state index < -0.39 is 18.1 Å². The van der Waals surface area contributed by atoms with Gasteiger partial charge in [-0.3, -0.25) is 14.8 Å². The molecule has 8 heteroatoms. The molecule has 1 amide bonds. The van der Waals surface area contributed by atoms with Crippen molar-refractivity contribution >= 4 is 29.4 Å². The summed E-state index contributed by atoms with van der Waals surface area (Å²) in [4.78, 5) is 20.9. The van der Waals surface area contributed by atoms with Crippen LogP contribution in [0, 0.1) is 0 Å². The first-order valence-electron chi connectivity index (χ1n) is 9.75. The number of nitrogens with one attached hydrogen (secondary N) is 1. The number of aromatic nitrogens is 3. The molecule has 0 atom stereocenters. The summed E-state index contributed by atoms with van der Waals surface area (Å²) in [6, 6.07) is 5.09. The molecule has 0 saturated carbocycles. The molecule has 1 N–H and O–H groups in total. The fourth-order valence-electron chi connectivity index (χ4n) is 2.23. The molecule has 0 aromatic carbocycles. The molecule has 0 unspecified atom stereocenters. The quantitative estimate of drug-likeness (QED) is 0.570. The Morgan fingerprint density at radius 2 is 2.13 bits per heavy atom. The van der Waals surface area contributed by atoms with Crippen LogP contribution >= 0.6 is 11.6 Å². The Morgan fingerprint density at radius 1 is 1.43 bits per heavy atom. The van der Waals surface area contributed by atoms with Crippen molar-refractivity contribution in [2.45, 2.75) is 46.6 Å². The molecule has 0 spiro atoms. The van der Waals surface area contributed by atoms with Gasteiger partial charge in [0.05, 0.1) is 33.8 Å². The Labute approximate surface area is 182 Å². The van der Waals surface area contributed by atoms with E-state index in [1.54, 1.807) is 44.4 Å². The molecule has 0 aliphatic heterocycles.